The number of carbonyl (C=O) groups is 4. The number of imide groups is 1. The van der Waals surface area contributed by atoms with Gasteiger partial charge in [-0.05, 0) is 19.1 Å². The molecule has 118 valence electrons. The van der Waals surface area contributed by atoms with Crippen LogP contribution in [0.2, 0.25) is 0 Å². The number of amides is 4. The monoisotopic (exact) mass is 313 g/mol. The van der Waals surface area contributed by atoms with Gasteiger partial charge in [0.2, 0.25) is 17.7 Å². The standard InChI is InChI=1S/C16H15N3O4/c1-9-6-13(20)18-12-7-10(2-3-11(9)12)17-14(21)8-19-15(22)4-5-16(19)23/h2-3,6-7,11H,4-5,8H2,1H3,(H,18,20). The summed E-state index contributed by atoms with van der Waals surface area (Å²) in [6.45, 7) is 1.52. The summed E-state index contributed by atoms with van der Waals surface area (Å²) in [6.07, 6.45) is 6.99. The van der Waals surface area contributed by atoms with Crippen molar-refractivity contribution in [1.29, 1.82) is 0 Å². The second-order valence-corrected chi connectivity index (χ2v) is 5.62. The Morgan fingerprint density at radius 1 is 1.26 bits per heavy atom. The van der Waals surface area contributed by atoms with Crippen LogP contribution in [0.4, 0.5) is 0 Å². The van der Waals surface area contributed by atoms with Crippen LogP contribution in [0.5, 0.6) is 0 Å². The van der Waals surface area contributed by atoms with Gasteiger partial charge in [-0.1, -0.05) is 11.6 Å². The summed E-state index contributed by atoms with van der Waals surface area (Å²) in [7, 11) is 0. The third-order valence-electron chi connectivity index (χ3n) is 3.92. The third kappa shape index (κ3) is 3.03. The molecule has 3 aliphatic rings. The van der Waals surface area contributed by atoms with Gasteiger partial charge in [-0.2, -0.15) is 0 Å². The van der Waals surface area contributed by atoms with Gasteiger partial charge >= 0.3 is 0 Å². The highest BCUT2D eigenvalue weighted by Gasteiger charge is 2.30. The number of allylic oxidation sites excluding steroid dienone is 3. The van der Waals surface area contributed by atoms with E-state index in [2.05, 4.69) is 10.3 Å². The molecule has 1 saturated heterocycles. The quantitative estimate of drug-likeness (QED) is 0.739. The first-order valence-electron chi connectivity index (χ1n) is 7.28. The van der Waals surface area contributed by atoms with Gasteiger partial charge in [0.05, 0.1) is 5.71 Å². The number of nitrogens with zero attached hydrogens (tertiary/aromatic N) is 2. The molecule has 7 nitrogen and oxygen atoms in total. The molecule has 3 rings (SSSR count). The number of hydrogen-bond acceptors (Lipinski definition) is 4. The molecule has 0 spiro atoms. The maximum absolute atomic E-state index is 12.0. The molecule has 2 aliphatic heterocycles. The van der Waals surface area contributed by atoms with Gasteiger partial charge in [-0.15, -0.1) is 0 Å². The first-order chi connectivity index (χ1) is 10.9. The number of carbonyl (C=O) groups excluding carboxylic acids is 4. The lowest BCUT2D eigenvalue weighted by Crippen LogP contribution is -2.34. The lowest BCUT2D eigenvalue weighted by Gasteiger charge is -2.25. The summed E-state index contributed by atoms with van der Waals surface area (Å²) in [5, 5.41) is 2.72. The first-order valence-corrected chi connectivity index (χ1v) is 7.28. The van der Waals surface area contributed by atoms with Crippen LogP contribution >= 0.6 is 0 Å². The van der Waals surface area contributed by atoms with Crippen molar-refractivity contribution in [3.63, 3.8) is 0 Å². The number of likely N-dealkylation sites (tertiary alicyclic amines) is 1. The van der Waals surface area contributed by atoms with Crippen molar-refractivity contribution >= 4 is 29.3 Å². The fourth-order valence-electron chi connectivity index (χ4n) is 2.76. The van der Waals surface area contributed by atoms with Gasteiger partial charge in [0.15, 0.2) is 0 Å². The molecular formula is C16H15N3O4. The molecule has 2 heterocycles. The minimum Gasteiger partial charge on any atom is -0.325 e. The summed E-state index contributed by atoms with van der Waals surface area (Å²) in [4.78, 5) is 51.3. The van der Waals surface area contributed by atoms with E-state index in [0.29, 0.717) is 11.4 Å². The van der Waals surface area contributed by atoms with Crippen LogP contribution in [0, 0.1) is 5.92 Å². The van der Waals surface area contributed by atoms with E-state index < -0.39 is 5.91 Å². The molecular weight excluding hydrogens is 298 g/mol. The number of nitrogens with one attached hydrogen (secondary N) is 1. The molecule has 1 atom stereocenters. The lowest BCUT2D eigenvalue weighted by atomic mass is 9.89. The maximum Gasteiger partial charge on any atom is 0.266 e. The fraction of sp³-hybridized carbons (Fsp3) is 0.312. The van der Waals surface area contributed by atoms with Gasteiger partial charge in [-0.3, -0.25) is 24.1 Å². The third-order valence-corrected chi connectivity index (χ3v) is 3.92. The zero-order valence-corrected chi connectivity index (χ0v) is 12.5. The predicted octanol–water partition coefficient (Wildman–Crippen LogP) is 0.249. The van der Waals surface area contributed by atoms with Gasteiger partial charge in [0.25, 0.3) is 5.91 Å². The Balaban J connectivity index is 1.74. The van der Waals surface area contributed by atoms with Gasteiger partial charge < -0.3 is 5.32 Å². The van der Waals surface area contributed by atoms with Crippen molar-refractivity contribution in [2.45, 2.75) is 19.8 Å². The molecule has 1 N–H and O–H groups in total. The Morgan fingerprint density at radius 3 is 2.65 bits per heavy atom. The number of hydrogen-bond donors (Lipinski definition) is 1. The van der Waals surface area contributed by atoms with E-state index in [1.54, 1.807) is 12.2 Å². The van der Waals surface area contributed by atoms with Crippen molar-refractivity contribution in [3.05, 3.63) is 35.6 Å². The topological polar surface area (TPSA) is 95.9 Å². The van der Waals surface area contributed by atoms with E-state index in [1.807, 2.05) is 13.0 Å². The molecule has 0 aromatic carbocycles. The van der Waals surface area contributed by atoms with E-state index >= 15 is 0 Å². The highest BCUT2D eigenvalue weighted by molar-refractivity contribution is 6.12. The van der Waals surface area contributed by atoms with Crippen LogP contribution in [0.1, 0.15) is 19.8 Å². The molecule has 0 radical (unpaired) electrons. The van der Waals surface area contributed by atoms with Gasteiger partial charge in [0.1, 0.15) is 6.54 Å². The highest BCUT2D eigenvalue weighted by atomic mass is 16.2. The lowest BCUT2D eigenvalue weighted by molar-refractivity contribution is -0.141. The Labute approximate surface area is 132 Å². The van der Waals surface area contributed by atoms with E-state index in [9.17, 15) is 19.2 Å². The van der Waals surface area contributed by atoms with Crippen LogP contribution in [0.15, 0.2) is 40.6 Å². The molecule has 1 unspecified atom stereocenters. The average Bonchev–Trinajstić information content (AvgIpc) is 2.78. The Kier molecular flexibility index (Phi) is 3.77. The zero-order valence-electron chi connectivity index (χ0n) is 12.5. The highest BCUT2D eigenvalue weighted by Crippen LogP contribution is 2.26. The second-order valence-electron chi connectivity index (χ2n) is 5.62. The molecule has 1 fully saturated rings. The predicted molar refractivity (Wildman–Crippen MR) is 81.0 cm³/mol. The molecule has 0 saturated carbocycles. The summed E-state index contributed by atoms with van der Waals surface area (Å²) in [6, 6.07) is 0. The molecule has 4 amide bonds. The van der Waals surface area contributed by atoms with Crippen LogP contribution < -0.4 is 5.32 Å². The molecule has 7 heteroatoms. The van der Waals surface area contributed by atoms with Crippen molar-refractivity contribution in [2.24, 2.45) is 10.9 Å². The Bertz CT molecular complexity index is 726. The van der Waals surface area contributed by atoms with E-state index in [4.69, 9.17) is 0 Å². The Morgan fingerprint density at radius 2 is 1.96 bits per heavy atom. The fourth-order valence-corrected chi connectivity index (χ4v) is 2.76. The van der Waals surface area contributed by atoms with Crippen LogP contribution in [0.3, 0.4) is 0 Å². The van der Waals surface area contributed by atoms with Crippen LogP contribution in [-0.2, 0) is 19.2 Å². The number of aliphatic imine (C=N–C) groups is 1. The van der Waals surface area contributed by atoms with E-state index in [-0.39, 0.29) is 43.0 Å². The normalized spacial score (nSPS) is 25.3. The number of fused-ring (bicyclic) bond motifs is 1. The second kappa shape index (κ2) is 5.75. The molecule has 0 aromatic rings. The summed E-state index contributed by atoms with van der Waals surface area (Å²) < 4.78 is 0. The molecule has 0 aromatic heterocycles. The van der Waals surface area contributed by atoms with Gasteiger partial charge in [-0.25, -0.2) is 4.99 Å². The SMILES string of the molecule is CC1=CC(=O)NC2=CC(=NC(=O)CN3C(=O)CCC3=O)C=CC12. The van der Waals surface area contributed by atoms with Crippen LogP contribution in [-0.4, -0.2) is 40.8 Å². The van der Waals surface area contributed by atoms with E-state index in [1.165, 1.54) is 6.08 Å². The van der Waals surface area contributed by atoms with Crippen molar-refractivity contribution in [3.8, 4) is 0 Å². The summed E-state index contributed by atoms with van der Waals surface area (Å²) >= 11 is 0. The van der Waals surface area contributed by atoms with E-state index in [0.717, 1.165) is 10.5 Å². The molecule has 0 bridgehead atoms. The average molecular weight is 313 g/mol. The van der Waals surface area contributed by atoms with Gasteiger partial charge in [0, 0.05) is 30.5 Å². The maximum atomic E-state index is 12.0. The molecule has 1 aliphatic carbocycles. The first kappa shape index (κ1) is 15.1. The van der Waals surface area contributed by atoms with Crippen molar-refractivity contribution in [1.82, 2.24) is 10.2 Å². The molecule has 23 heavy (non-hydrogen) atoms. The minimum absolute atomic E-state index is 0.0245. The minimum atomic E-state index is -0.571. The largest absolute Gasteiger partial charge is 0.325 e. The smallest absolute Gasteiger partial charge is 0.266 e. The summed E-state index contributed by atoms with van der Waals surface area (Å²) in [5.74, 6) is -1.50. The zero-order chi connectivity index (χ0) is 16.6. The van der Waals surface area contributed by atoms with Crippen molar-refractivity contribution in [2.75, 3.05) is 6.54 Å². The Hall–Kier alpha value is -2.83. The van der Waals surface area contributed by atoms with Crippen molar-refractivity contribution < 1.29 is 19.2 Å². The summed E-state index contributed by atoms with van der Waals surface area (Å²) in [5.41, 5.74) is 1.96. The van der Waals surface area contributed by atoms with Crippen LogP contribution in [0.25, 0.3) is 0 Å². The number of rotatable bonds is 2.